The molecule has 0 aromatic heterocycles. The van der Waals surface area contributed by atoms with Crippen molar-refractivity contribution in [2.75, 3.05) is 17.2 Å². The second-order valence-electron chi connectivity index (χ2n) is 4.96. The number of anilines is 2. The van der Waals surface area contributed by atoms with E-state index >= 15 is 0 Å². The van der Waals surface area contributed by atoms with Crippen LogP contribution in [-0.2, 0) is 13.0 Å². The summed E-state index contributed by atoms with van der Waals surface area (Å²) in [5.74, 6) is 0. The minimum Gasteiger partial charge on any atom is -0.385 e. The van der Waals surface area contributed by atoms with Crippen LogP contribution in [0.4, 0.5) is 11.4 Å². The van der Waals surface area contributed by atoms with Crippen LogP contribution >= 0.6 is 23.2 Å². The zero-order chi connectivity index (χ0) is 13.9. The molecular weight excluding hydrogens is 291 g/mol. The first-order chi connectivity index (χ1) is 9.74. The molecule has 1 aliphatic rings. The van der Waals surface area contributed by atoms with Crippen LogP contribution < -0.4 is 10.6 Å². The van der Waals surface area contributed by atoms with E-state index in [1.54, 1.807) is 6.07 Å². The molecule has 1 aliphatic heterocycles. The molecule has 0 spiro atoms. The van der Waals surface area contributed by atoms with Crippen molar-refractivity contribution in [1.82, 2.24) is 0 Å². The molecule has 20 heavy (non-hydrogen) atoms. The summed E-state index contributed by atoms with van der Waals surface area (Å²) in [5.41, 5.74) is 4.85. The van der Waals surface area contributed by atoms with Gasteiger partial charge in [-0.05, 0) is 42.2 Å². The van der Waals surface area contributed by atoms with Gasteiger partial charge in [-0.2, -0.15) is 0 Å². The second-order valence-corrected chi connectivity index (χ2v) is 5.80. The van der Waals surface area contributed by atoms with Crippen LogP contribution in [0.15, 0.2) is 36.4 Å². The fraction of sp³-hybridized carbons (Fsp3) is 0.250. The molecule has 4 heteroatoms. The Balaban J connectivity index is 1.78. The first kappa shape index (κ1) is 13.6. The van der Waals surface area contributed by atoms with Gasteiger partial charge in [0.2, 0.25) is 0 Å². The summed E-state index contributed by atoms with van der Waals surface area (Å²) in [6.07, 6.45) is 2.35. The van der Waals surface area contributed by atoms with Crippen LogP contribution in [-0.4, -0.2) is 6.54 Å². The minimum atomic E-state index is 0.648. The van der Waals surface area contributed by atoms with Crippen molar-refractivity contribution in [3.05, 3.63) is 57.6 Å². The predicted molar refractivity (Wildman–Crippen MR) is 87.0 cm³/mol. The lowest BCUT2D eigenvalue weighted by atomic mass is 9.99. The fourth-order valence-electron chi connectivity index (χ4n) is 2.55. The Hall–Kier alpha value is -1.38. The molecule has 0 saturated heterocycles. The number of hydrogen-bond donors (Lipinski definition) is 2. The standard InChI is InChI=1S/C16H16Cl2N2/c17-13-6-7-15(14(18)9-13)20-10-12-4-1-3-11-5-2-8-19-16(11)12/h1,3-4,6-7,9,19-20H,2,5,8,10H2. The molecule has 0 saturated carbocycles. The van der Waals surface area contributed by atoms with Gasteiger partial charge in [0.15, 0.2) is 0 Å². The SMILES string of the molecule is Clc1ccc(NCc2cccc3c2NCCC3)c(Cl)c1. The number of nitrogens with one attached hydrogen (secondary N) is 2. The van der Waals surface area contributed by atoms with E-state index in [4.69, 9.17) is 23.2 Å². The first-order valence-electron chi connectivity index (χ1n) is 6.77. The number of halogens is 2. The molecule has 2 nitrogen and oxygen atoms in total. The number of rotatable bonds is 3. The van der Waals surface area contributed by atoms with Gasteiger partial charge in [-0.3, -0.25) is 0 Å². The lowest BCUT2D eigenvalue weighted by Gasteiger charge is -2.21. The van der Waals surface area contributed by atoms with Crippen LogP contribution in [0.3, 0.4) is 0 Å². The quantitative estimate of drug-likeness (QED) is 0.837. The zero-order valence-electron chi connectivity index (χ0n) is 11.0. The van der Waals surface area contributed by atoms with Gasteiger partial charge >= 0.3 is 0 Å². The van der Waals surface area contributed by atoms with Gasteiger partial charge < -0.3 is 10.6 Å². The molecule has 0 bridgehead atoms. The lowest BCUT2D eigenvalue weighted by molar-refractivity contribution is 0.825. The number of benzene rings is 2. The van der Waals surface area contributed by atoms with E-state index in [0.29, 0.717) is 10.0 Å². The summed E-state index contributed by atoms with van der Waals surface area (Å²) in [4.78, 5) is 0. The highest BCUT2D eigenvalue weighted by Gasteiger charge is 2.12. The van der Waals surface area contributed by atoms with Crippen LogP contribution in [0.25, 0.3) is 0 Å². The number of aryl methyl sites for hydroxylation is 1. The van der Waals surface area contributed by atoms with Crippen LogP contribution in [0.1, 0.15) is 17.5 Å². The Kier molecular flexibility index (Phi) is 4.04. The summed E-state index contributed by atoms with van der Waals surface area (Å²) >= 11 is 12.1. The minimum absolute atomic E-state index is 0.648. The summed E-state index contributed by atoms with van der Waals surface area (Å²) in [6.45, 7) is 1.79. The molecule has 104 valence electrons. The van der Waals surface area contributed by atoms with E-state index in [0.717, 1.165) is 25.2 Å². The Morgan fingerprint density at radius 1 is 1.15 bits per heavy atom. The maximum Gasteiger partial charge on any atom is 0.0652 e. The van der Waals surface area contributed by atoms with E-state index in [9.17, 15) is 0 Å². The van der Waals surface area contributed by atoms with Crippen molar-refractivity contribution in [2.24, 2.45) is 0 Å². The van der Waals surface area contributed by atoms with Crippen LogP contribution in [0.5, 0.6) is 0 Å². The third-order valence-electron chi connectivity index (χ3n) is 3.56. The van der Waals surface area contributed by atoms with E-state index in [1.807, 2.05) is 12.1 Å². The topological polar surface area (TPSA) is 24.1 Å². The smallest absolute Gasteiger partial charge is 0.0652 e. The van der Waals surface area contributed by atoms with Crippen LogP contribution in [0, 0.1) is 0 Å². The van der Waals surface area contributed by atoms with Crippen molar-refractivity contribution < 1.29 is 0 Å². The van der Waals surface area contributed by atoms with Gasteiger partial charge in [-0.25, -0.2) is 0 Å². The third kappa shape index (κ3) is 2.87. The number of hydrogen-bond acceptors (Lipinski definition) is 2. The molecule has 0 amide bonds. The highest BCUT2D eigenvalue weighted by atomic mass is 35.5. The normalized spacial score (nSPS) is 13.5. The molecule has 0 aliphatic carbocycles. The highest BCUT2D eigenvalue weighted by Crippen LogP contribution is 2.29. The Bertz CT molecular complexity index is 626. The summed E-state index contributed by atoms with van der Waals surface area (Å²) < 4.78 is 0. The molecule has 2 N–H and O–H groups in total. The molecule has 3 rings (SSSR count). The molecule has 2 aromatic rings. The predicted octanol–water partition coefficient (Wildman–Crippen LogP) is 4.96. The molecule has 0 radical (unpaired) electrons. The van der Waals surface area contributed by atoms with Gasteiger partial charge in [0, 0.05) is 23.8 Å². The number of fused-ring (bicyclic) bond motifs is 1. The van der Waals surface area contributed by atoms with E-state index in [2.05, 4.69) is 28.8 Å². The molecule has 0 atom stereocenters. The Morgan fingerprint density at radius 3 is 2.90 bits per heavy atom. The van der Waals surface area contributed by atoms with Gasteiger partial charge in [-0.1, -0.05) is 41.4 Å². The zero-order valence-corrected chi connectivity index (χ0v) is 12.6. The van der Waals surface area contributed by atoms with Crippen LogP contribution in [0.2, 0.25) is 10.0 Å². The third-order valence-corrected chi connectivity index (χ3v) is 4.11. The molecular formula is C16H16Cl2N2. The number of para-hydroxylation sites is 1. The summed E-state index contributed by atoms with van der Waals surface area (Å²) in [6, 6.07) is 12.0. The maximum absolute atomic E-state index is 6.18. The van der Waals surface area contributed by atoms with E-state index in [1.165, 1.54) is 23.2 Å². The Morgan fingerprint density at radius 2 is 2.05 bits per heavy atom. The monoisotopic (exact) mass is 306 g/mol. The Labute approximate surface area is 129 Å². The van der Waals surface area contributed by atoms with Gasteiger partial charge in [-0.15, -0.1) is 0 Å². The fourth-order valence-corrected chi connectivity index (χ4v) is 3.03. The van der Waals surface area contributed by atoms with Gasteiger partial charge in [0.1, 0.15) is 0 Å². The van der Waals surface area contributed by atoms with Crippen molar-refractivity contribution in [1.29, 1.82) is 0 Å². The first-order valence-corrected chi connectivity index (χ1v) is 7.53. The molecule has 0 fully saturated rings. The summed E-state index contributed by atoms with van der Waals surface area (Å²) in [7, 11) is 0. The largest absolute Gasteiger partial charge is 0.385 e. The average molecular weight is 307 g/mol. The van der Waals surface area contributed by atoms with Crippen molar-refractivity contribution in [2.45, 2.75) is 19.4 Å². The van der Waals surface area contributed by atoms with Gasteiger partial charge in [0.25, 0.3) is 0 Å². The van der Waals surface area contributed by atoms with E-state index in [-0.39, 0.29) is 0 Å². The lowest BCUT2D eigenvalue weighted by Crippen LogP contribution is -2.15. The summed E-state index contributed by atoms with van der Waals surface area (Å²) in [5, 5.41) is 8.17. The molecule has 0 unspecified atom stereocenters. The van der Waals surface area contributed by atoms with E-state index < -0.39 is 0 Å². The average Bonchev–Trinajstić information content (AvgIpc) is 2.46. The van der Waals surface area contributed by atoms with Crippen molar-refractivity contribution in [3.8, 4) is 0 Å². The van der Waals surface area contributed by atoms with Crippen molar-refractivity contribution in [3.63, 3.8) is 0 Å². The molecule has 1 heterocycles. The maximum atomic E-state index is 6.18. The molecule has 2 aromatic carbocycles. The second kappa shape index (κ2) is 5.94. The van der Waals surface area contributed by atoms with Crippen molar-refractivity contribution >= 4 is 34.6 Å². The highest BCUT2D eigenvalue weighted by molar-refractivity contribution is 6.36. The van der Waals surface area contributed by atoms with Gasteiger partial charge in [0.05, 0.1) is 10.7 Å².